The number of carbonyl (C=O) groups is 1. The first-order valence-electron chi connectivity index (χ1n) is 16.3. The van der Waals surface area contributed by atoms with Gasteiger partial charge in [0.1, 0.15) is 6.17 Å². The Morgan fingerprint density at radius 1 is 1.11 bits per heavy atom. The molecule has 4 aliphatic rings. The molecule has 4 aliphatic heterocycles. The largest absolute Gasteiger partial charge is 0.404 e. The van der Waals surface area contributed by atoms with Crippen molar-refractivity contribution in [2.24, 2.45) is 10.7 Å². The predicted molar refractivity (Wildman–Crippen MR) is 174 cm³/mol. The summed E-state index contributed by atoms with van der Waals surface area (Å²) in [4.78, 5) is 23.4. The number of alkyl halides is 2. The number of likely N-dealkylation sites (N-methyl/N-ethyl adjacent to an activating group) is 1. The Morgan fingerprint density at radius 2 is 1.86 bits per heavy atom. The Kier molecular flexibility index (Phi) is 10.9. The molecule has 0 saturated carbocycles. The van der Waals surface area contributed by atoms with Gasteiger partial charge in [-0.05, 0) is 81.9 Å². The number of hydrogen-bond donors (Lipinski definition) is 4. The van der Waals surface area contributed by atoms with E-state index < -0.39 is 6.43 Å². The summed E-state index contributed by atoms with van der Waals surface area (Å²) in [6.07, 6.45) is 7.03. The number of piperidine rings is 2. The summed E-state index contributed by atoms with van der Waals surface area (Å²) in [6, 6.07) is 4.56. The van der Waals surface area contributed by atoms with Crippen LogP contribution in [0, 0.1) is 0 Å². The number of anilines is 1. The van der Waals surface area contributed by atoms with Crippen LogP contribution in [-0.4, -0.2) is 100 Å². The molecule has 1 amide bonds. The molecule has 242 valence electrons. The fraction of sp³-hybridized carbons (Fsp3) is 0.636. The quantitative estimate of drug-likeness (QED) is 0.318. The van der Waals surface area contributed by atoms with Gasteiger partial charge in [-0.25, -0.2) is 8.78 Å². The lowest BCUT2D eigenvalue weighted by atomic mass is 9.91. The van der Waals surface area contributed by atoms with E-state index in [0.29, 0.717) is 36.3 Å². The smallest absolute Gasteiger partial charge is 0.264 e. The highest BCUT2D eigenvalue weighted by Crippen LogP contribution is 2.38. The minimum Gasteiger partial charge on any atom is -0.404 e. The van der Waals surface area contributed by atoms with Crippen molar-refractivity contribution < 1.29 is 13.6 Å². The number of likely N-dealkylation sites (tertiary alicyclic amines) is 1. The number of rotatable bonds is 9. The predicted octanol–water partition coefficient (Wildman–Crippen LogP) is 3.23. The van der Waals surface area contributed by atoms with E-state index in [1.165, 1.54) is 31.0 Å². The van der Waals surface area contributed by atoms with Crippen LogP contribution < -0.4 is 26.6 Å². The number of aryl methyl sites for hydroxylation is 1. The van der Waals surface area contributed by atoms with E-state index in [1.54, 1.807) is 20.0 Å². The van der Waals surface area contributed by atoms with Crippen LogP contribution in [0.5, 0.6) is 0 Å². The Bertz CT molecular complexity index is 1250. The molecular formula is C33H50F2N8O. The topological polar surface area (TPSA) is 101 Å². The van der Waals surface area contributed by atoms with Gasteiger partial charge in [0.2, 0.25) is 5.91 Å². The molecular weight excluding hydrogens is 562 g/mol. The highest BCUT2D eigenvalue weighted by atomic mass is 19.3. The van der Waals surface area contributed by atoms with Crippen LogP contribution in [0.3, 0.4) is 0 Å². The summed E-state index contributed by atoms with van der Waals surface area (Å²) >= 11 is 0. The van der Waals surface area contributed by atoms with E-state index in [2.05, 4.69) is 30.7 Å². The van der Waals surface area contributed by atoms with E-state index in [9.17, 15) is 13.6 Å². The van der Waals surface area contributed by atoms with Crippen LogP contribution in [-0.2, 0) is 11.2 Å². The molecule has 1 aromatic rings. The normalized spacial score (nSPS) is 22.2. The van der Waals surface area contributed by atoms with Crippen LogP contribution >= 0.6 is 0 Å². The first-order valence-corrected chi connectivity index (χ1v) is 16.3. The molecule has 44 heavy (non-hydrogen) atoms. The zero-order chi connectivity index (χ0) is 31.2. The van der Waals surface area contributed by atoms with E-state index in [0.717, 1.165) is 81.7 Å². The molecule has 0 bridgehead atoms. The van der Waals surface area contributed by atoms with Gasteiger partial charge < -0.3 is 31.1 Å². The Hall–Kier alpha value is -3.02. The minimum absolute atomic E-state index is 0.0500. The number of halogens is 2. The van der Waals surface area contributed by atoms with Crippen LogP contribution in [0.1, 0.15) is 68.6 Å². The lowest BCUT2D eigenvalue weighted by Gasteiger charge is -2.44. The molecule has 11 heteroatoms. The number of amides is 1. The van der Waals surface area contributed by atoms with Gasteiger partial charge in [-0.2, -0.15) is 0 Å². The lowest BCUT2D eigenvalue weighted by Crippen LogP contribution is -2.54. The molecule has 5 rings (SSSR count). The number of hydrogen-bond acceptors (Lipinski definition) is 8. The number of fused-ring (bicyclic) bond motifs is 1. The third-order valence-electron chi connectivity index (χ3n) is 9.87. The van der Waals surface area contributed by atoms with E-state index in [4.69, 9.17) is 5.73 Å². The molecule has 1 aromatic carbocycles. The van der Waals surface area contributed by atoms with E-state index in [1.807, 2.05) is 18.0 Å². The molecule has 9 nitrogen and oxygen atoms in total. The van der Waals surface area contributed by atoms with Gasteiger partial charge >= 0.3 is 0 Å². The number of nitrogens with two attached hydrogens (primary N) is 1. The molecule has 0 aliphatic carbocycles. The average molecular weight is 613 g/mol. The number of nitrogens with zero attached hydrogens (tertiary/aromatic N) is 4. The highest BCUT2D eigenvalue weighted by Gasteiger charge is 2.34. The van der Waals surface area contributed by atoms with Crippen molar-refractivity contribution in [3.8, 4) is 0 Å². The van der Waals surface area contributed by atoms with Crippen LogP contribution in [0.25, 0.3) is 5.57 Å². The molecule has 5 N–H and O–H groups in total. The van der Waals surface area contributed by atoms with E-state index in [-0.39, 0.29) is 17.6 Å². The molecule has 0 aromatic heterocycles. The van der Waals surface area contributed by atoms with Gasteiger partial charge in [-0.1, -0.05) is 0 Å². The second kappa shape index (κ2) is 14.8. The molecule has 2 saturated heterocycles. The minimum atomic E-state index is -2.66. The summed E-state index contributed by atoms with van der Waals surface area (Å²) in [7, 11) is 3.53. The fourth-order valence-electron chi connectivity index (χ4n) is 7.54. The second-order valence-electron chi connectivity index (χ2n) is 12.5. The highest BCUT2D eigenvalue weighted by molar-refractivity contribution is 6.10. The van der Waals surface area contributed by atoms with Crippen LogP contribution in [0.2, 0.25) is 0 Å². The molecule has 0 radical (unpaired) electrons. The van der Waals surface area contributed by atoms with Crippen molar-refractivity contribution in [1.29, 1.82) is 0 Å². The van der Waals surface area contributed by atoms with Gasteiger partial charge in [0.15, 0.2) is 0 Å². The van der Waals surface area contributed by atoms with Crippen molar-refractivity contribution in [3.63, 3.8) is 0 Å². The van der Waals surface area contributed by atoms with Crippen molar-refractivity contribution in [1.82, 2.24) is 25.8 Å². The van der Waals surface area contributed by atoms with Crippen molar-refractivity contribution in [2.45, 2.75) is 76.5 Å². The van der Waals surface area contributed by atoms with Gasteiger partial charge in [0.25, 0.3) is 6.43 Å². The van der Waals surface area contributed by atoms with E-state index >= 15 is 0 Å². The third kappa shape index (κ3) is 7.10. The Morgan fingerprint density at radius 3 is 2.50 bits per heavy atom. The zero-order valence-electron chi connectivity index (χ0n) is 26.5. The molecule has 2 fully saturated rings. The van der Waals surface area contributed by atoms with Crippen molar-refractivity contribution >= 4 is 23.4 Å². The maximum absolute atomic E-state index is 14.5. The summed E-state index contributed by atoms with van der Waals surface area (Å²) in [5.74, 6) is 0.0500. The first-order chi connectivity index (χ1) is 21.3. The lowest BCUT2D eigenvalue weighted by molar-refractivity contribution is -0.128. The number of carbonyl (C=O) groups excluding carboxylic acids is 1. The number of allylic oxidation sites excluding steroid dienone is 1. The molecule has 1 atom stereocenters. The van der Waals surface area contributed by atoms with Crippen molar-refractivity contribution in [2.75, 3.05) is 64.8 Å². The monoisotopic (exact) mass is 612 g/mol. The summed E-state index contributed by atoms with van der Waals surface area (Å²) in [6.45, 7) is 7.94. The first kappa shape index (κ1) is 32.4. The summed E-state index contributed by atoms with van der Waals surface area (Å²) in [5, 5.41) is 10.9. The van der Waals surface area contributed by atoms with Crippen LogP contribution in [0.4, 0.5) is 14.5 Å². The van der Waals surface area contributed by atoms with Crippen LogP contribution in [0.15, 0.2) is 34.6 Å². The fourth-order valence-corrected chi connectivity index (χ4v) is 7.54. The van der Waals surface area contributed by atoms with Crippen molar-refractivity contribution in [3.05, 3.63) is 46.3 Å². The Labute approximate surface area is 261 Å². The standard InChI is InChI=1S/C33H50F2N8O/c1-22(44)42-16-10-30(40-25-8-14-41(15-9-25)26-6-11-39-12-7-26)29(21-42)33(38-3)43-13-4-5-23-17-27(24(19-36)20-37-2)28(32(34)35)18-31(23)43/h17-20,25-26,32-33,38-40H,4-16,21,36H2,1-3H3. The summed E-state index contributed by atoms with van der Waals surface area (Å²) < 4.78 is 29.0. The SMILES string of the molecule is CN=CC(=CN)c1cc2c(cc1C(F)F)N(C(NC)C1=C(NC3CCN(C4CCNCC4)CC3)CCN(C(C)=O)C1)CCC2. The van der Waals surface area contributed by atoms with Gasteiger partial charge in [0.05, 0.1) is 0 Å². The maximum Gasteiger partial charge on any atom is 0.264 e. The second-order valence-corrected chi connectivity index (χ2v) is 12.5. The molecule has 0 spiro atoms. The number of benzene rings is 1. The van der Waals surface area contributed by atoms with Gasteiger partial charge in [0, 0.05) is 106 Å². The Balaban J connectivity index is 1.44. The van der Waals surface area contributed by atoms with Gasteiger partial charge in [-0.3, -0.25) is 15.1 Å². The maximum atomic E-state index is 14.5. The van der Waals surface area contributed by atoms with Gasteiger partial charge in [-0.15, -0.1) is 0 Å². The zero-order valence-corrected chi connectivity index (χ0v) is 26.5. The average Bonchev–Trinajstić information content (AvgIpc) is 3.04. The summed E-state index contributed by atoms with van der Waals surface area (Å²) in [5.41, 5.74) is 10.8. The molecule has 4 heterocycles. The number of nitrogens with one attached hydrogen (secondary N) is 3. The molecule has 1 unspecified atom stereocenters. The number of aliphatic imine (C=N–C) groups is 1. The third-order valence-corrected chi connectivity index (χ3v) is 9.87.